The Bertz CT molecular complexity index is 601. The minimum absolute atomic E-state index is 0.00288. The molecule has 0 aliphatic carbocycles. The monoisotopic (exact) mass is 308 g/mol. The molecule has 114 valence electrons. The molecule has 0 aromatic carbocycles. The topological polar surface area (TPSA) is 74.0 Å². The molecule has 0 radical (unpaired) electrons. The van der Waals surface area contributed by atoms with Gasteiger partial charge in [-0.3, -0.25) is 9.20 Å². The maximum Gasteiger partial charge on any atom is 0.241 e. The first kappa shape index (κ1) is 15.3. The fraction of sp³-hybridized carbons (Fsp3) is 0.462. The van der Waals surface area contributed by atoms with E-state index >= 15 is 0 Å². The molecule has 0 unspecified atom stereocenters. The van der Waals surface area contributed by atoms with Crippen LogP contribution in [-0.2, 0) is 11.3 Å². The SMILES string of the molecule is CCNC(=NCc1cn2ccsc2n1)NCC(=O)N(C)C. The molecule has 0 saturated heterocycles. The van der Waals surface area contributed by atoms with Crippen LogP contribution < -0.4 is 10.6 Å². The number of carbonyl (C=O) groups is 1. The molecular formula is C13H20N6OS. The van der Waals surface area contributed by atoms with Crippen LogP contribution in [-0.4, -0.2) is 53.3 Å². The van der Waals surface area contributed by atoms with Crippen LogP contribution in [0.2, 0.25) is 0 Å². The van der Waals surface area contributed by atoms with Gasteiger partial charge in [0.2, 0.25) is 5.91 Å². The molecular weight excluding hydrogens is 288 g/mol. The molecule has 2 N–H and O–H groups in total. The molecule has 2 rings (SSSR count). The first-order valence-corrected chi connectivity index (χ1v) is 7.61. The van der Waals surface area contributed by atoms with Gasteiger partial charge in [-0.25, -0.2) is 9.98 Å². The highest BCUT2D eigenvalue weighted by molar-refractivity contribution is 7.15. The average Bonchev–Trinajstić information content (AvgIpc) is 3.02. The fourth-order valence-corrected chi connectivity index (χ4v) is 2.39. The summed E-state index contributed by atoms with van der Waals surface area (Å²) in [6, 6.07) is 0. The second kappa shape index (κ2) is 7.07. The zero-order chi connectivity index (χ0) is 15.2. The minimum atomic E-state index is 0.00288. The first-order chi connectivity index (χ1) is 10.1. The number of nitrogens with one attached hydrogen (secondary N) is 2. The molecule has 2 aromatic heterocycles. The van der Waals surface area contributed by atoms with E-state index in [4.69, 9.17) is 0 Å². The Hall–Kier alpha value is -2.09. The Labute approximate surface area is 127 Å². The van der Waals surface area contributed by atoms with E-state index < -0.39 is 0 Å². The van der Waals surface area contributed by atoms with Crippen molar-refractivity contribution in [2.75, 3.05) is 27.2 Å². The number of aliphatic imine (C=N–C) groups is 1. The van der Waals surface area contributed by atoms with Crippen LogP contribution in [0.3, 0.4) is 0 Å². The maximum absolute atomic E-state index is 11.6. The Morgan fingerprint density at radius 1 is 1.48 bits per heavy atom. The maximum atomic E-state index is 11.6. The number of thiazole rings is 1. The molecule has 7 nitrogen and oxygen atoms in total. The Morgan fingerprint density at radius 3 is 2.95 bits per heavy atom. The smallest absolute Gasteiger partial charge is 0.241 e. The lowest BCUT2D eigenvalue weighted by Crippen LogP contribution is -2.42. The van der Waals surface area contributed by atoms with Crippen LogP contribution in [0.1, 0.15) is 12.6 Å². The van der Waals surface area contributed by atoms with Crippen LogP contribution in [0.25, 0.3) is 4.96 Å². The third-order valence-corrected chi connectivity index (χ3v) is 3.56. The second-order valence-electron chi connectivity index (χ2n) is 4.66. The minimum Gasteiger partial charge on any atom is -0.357 e. The van der Waals surface area contributed by atoms with Gasteiger partial charge in [0.1, 0.15) is 0 Å². The number of fused-ring (bicyclic) bond motifs is 1. The van der Waals surface area contributed by atoms with Crippen molar-refractivity contribution in [3.63, 3.8) is 0 Å². The standard InChI is InChI=1S/C13H20N6OS/c1-4-14-12(16-8-11(20)18(2)3)15-7-10-9-19-5-6-21-13(19)17-10/h5-6,9H,4,7-8H2,1-3H3,(H2,14,15,16). The Morgan fingerprint density at radius 2 is 2.29 bits per heavy atom. The van der Waals surface area contributed by atoms with Gasteiger partial charge < -0.3 is 15.5 Å². The van der Waals surface area contributed by atoms with Gasteiger partial charge in [0.15, 0.2) is 10.9 Å². The number of carbonyl (C=O) groups excluding carboxylic acids is 1. The van der Waals surface area contributed by atoms with Gasteiger partial charge in [-0.15, -0.1) is 11.3 Å². The van der Waals surface area contributed by atoms with Gasteiger partial charge >= 0.3 is 0 Å². The zero-order valence-corrected chi connectivity index (χ0v) is 13.3. The molecule has 21 heavy (non-hydrogen) atoms. The third kappa shape index (κ3) is 4.19. The van der Waals surface area contributed by atoms with Crippen molar-refractivity contribution in [1.29, 1.82) is 0 Å². The highest BCUT2D eigenvalue weighted by atomic mass is 32.1. The quantitative estimate of drug-likeness (QED) is 0.624. The summed E-state index contributed by atoms with van der Waals surface area (Å²) in [6.07, 6.45) is 3.93. The molecule has 2 aromatic rings. The van der Waals surface area contributed by atoms with Crippen molar-refractivity contribution in [2.45, 2.75) is 13.5 Å². The number of likely N-dealkylation sites (N-methyl/N-ethyl adjacent to an activating group) is 1. The second-order valence-corrected chi connectivity index (χ2v) is 5.53. The molecule has 0 bridgehead atoms. The number of hydrogen-bond donors (Lipinski definition) is 2. The van der Waals surface area contributed by atoms with Crippen molar-refractivity contribution >= 4 is 28.2 Å². The Balaban J connectivity index is 1.96. The van der Waals surface area contributed by atoms with Crippen LogP contribution in [0.15, 0.2) is 22.8 Å². The van der Waals surface area contributed by atoms with E-state index in [-0.39, 0.29) is 12.5 Å². The lowest BCUT2D eigenvalue weighted by Gasteiger charge is -2.13. The van der Waals surface area contributed by atoms with Gasteiger partial charge in [0.05, 0.1) is 18.8 Å². The van der Waals surface area contributed by atoms with Crippen LogP contribution in [0.4, 0.5) is 0 Å². The lowest BCUT2D eigenvalue weighted by molar-refractivity contribution is -0.127. The van der Waals surface area contributed by atoms with Gasteiger partial charge in [-0.2, -0.15) is 0 Å². The first-order valence-electron chi connectivity index (χ1n) is 6.73. The van der Waals surface area contributed by atoms with Gasteiger partial charge in [-0.05, 0) is 6.92 Å². The van der Waals surface area contributed by atoms with Crippen LogP contribution in [0, 0.1) is 0 Å². The van der Waals surface area contributed by atoms with E-state index in [9.17, 15) is 4.79 Å². The van der Waals surface area contributed by atoms with E-state index in [1.54, 1.807) is 30.3 Å². The van der Waals surface area contributed by atoms with E-state index in [1.807, 2.05) is 29.1 Å². The highest BCUT2D eigenvalue weighted by Gasteiger charge is 2.06. The van der Waals surface area contributed by atoms with E-state index in [0.29, 0.717) is 12.5 Å². The van der Waals surface area contributed by atoms with Crippen molar-refractivity contribution in [3.8, 4) is 0 Å². The molecule has 0 fully saturated rings. The average molecular weight is 308 g/mol. The Kier molecular flexibility index (Phi) is 5.15. The summed E-state index contributed by atoms with van der Waals surface area (Å²) in [5, 5.41) is 8.12. The van der Waals surface area contributed by atoms with E-state index in [2.05, 4.69) is 20.6 Å². The molecule has 2 heterocycles. The summed E-state index contributed by atoms with van der Waals surface area (Å²) >= 11 is 1.59. The number of rotatable bonds is 5. The molecule has 0 aliphatic heterocycles. The van der Waals surface area contributed by atoms with E-state index in [0.717, 1.165) is 17.2 Å². The van der Waals surface area contributed by atoms with Crippen LogP contribution >= 0.6 is 11.3 Å². The summed E-state index contributed by atoms with van der Waals surface area (Å²) in [4.78, 5) is 23.0. The van der Waals surface area contributed by atoms with Gasteiger partial charge in [0, 0.05) is 38.4 Å². The van der Waals surface area contributed by atoms with Gasteiger partial charge in [0.25, 0.3) is 0 Å². The van der Waals surface area contributed by atoms with Crippen molar-refractivity contribution < 1.29 is 4.79 Å². The molecule has 0 spiro atoms. The van der Waals surface area contributed by atoms with Crippen molar-refractivity contribution in [2.24, 2.45) is 4.99 Å². The number of nitrogens with zero attached hydrogens (tertiary/aromatic N) is 4. The zero-order valence-electron chi connectivity index (χ0n) is 12.5. The fourth-order valence-electron chi connectivity index (χ4n) is 1.67. The number of amides is 1. The molecule has 0 atom stereocenters. The lowest BCUT2D eigenvalue weighted by atomic mass is 10.5. The largest absolute Gasteiger partial charge is 0.357 e. The number of aromatic nitrogens is 2. The number of imidazole rings is 1. The number of guanidine groups is 1. The summed E-state index contributed by atoms with van der Waals surface area (Å²) in [6.45, 7) is 3.41. The summed E-state index contributed by atoms with van der Waals surface area (Å²) in [5.41, 5.74) is 0.901. The van der Waals surface area contributed by atoms with Gasteiger partial charge in [-0.1, -0.05) is 0 Å². The summed E-state index contributed by atoms with van der Waals surface area (Å²) in [5.74, 6) is 0.618. The van der Waals surface area contributed by atoms with E-state index in [1.165, 1.54) is 0 Å². The highest BCUT2D eigenvalue weighted by Crippen LogP contribution is 2.11. The predicted octanol–water partition coefficient (Wildman–Crippen LogP) is 0.539. The van der Waals surface area contributed by atoms with Crippen LogP contribution in [0.5, 0.6) is 0 Å². The summed E-state index contributed by atoms with van der Waals surface area (Å²) < 4.78 is 1.98. The molecule has 0 saturated carbocycles. The van der Waals surface area contributed by atoms with Crippen molar-refractivity contribution in [3.05, 3.63) is 23.5 Å². The summed E-state index contributed by atoms with van der Waals surface area (Å²) in [7, 11) is 3.46. The molecule has 0 aliphatic rings. The normalized spacial score (nSPS) is 11.7. The number of hydrogen-bond acceptors (Lipinski definition) is 4. The third-order valence-electron chi connectivity index (χ3n) is 2.79. The van der Waals surface area contributed by atoms with Crippen molar-refractivity contribution in [1.82, 2.24) is 24.9 Å². The molecule has 8 heteroatoms. The molecule has 1 amide bonds. The predicted molar refractivity (Wildman–Crippen MR) is 84.6 cm³/mol.